The van der Waals surface area contributed by atoms with Gasteiger partial charge in [0, 0.05) is 19.9 Å². The van der Waals surface area contributed by atoms with Crippen LogP contribution in [-0.2, 0) is 28.1 Å². The summed E-state index contributed by atoms with van der Waals surface area (Å²) < 4.78 is 24.8. The second-order valence-corrected chi connectivity index (χ2v) is 13.2. The second-order valence-electron chi connectivity index (χ2n) is 13.2. The van der Waals surface area contributed by atoms with Gasteiger partial charge in [-0.25, -0.2) is 0 Å². The number of benzene rings is 5. The molecule has 0 N–H and O–H groups in total. The van der Waals surface area contributed by atoms with Crippen molar-refractivity contribution in [2.75, 3.05) is 19.1 Å². The average molecular weight is 628 g/mol. The topological polar surface area (TPSA) is 40.2 Å². The lowest BCUT2D eigenvalue weighted by atomic mass is 9.87. The van der Waals surface area contributed by atoms with Crippen LogP contribution >= 0.6 is 0 Å². The number of hydrogen-bond donors (Lipinski definition) is 0. The quantitative estimate of drug-likeness (QED) is 0.146. The number of ether oxygens (including phenoxy) is 4. The van der Waals surface area contributed by atoms with E-state index in [0.717, 1.165) is 39.4 Å². The van der Waals surface area contributed by atoms with Crippen LogP contribution in [0.3, 0.4) is 0 Å². The van der Waals surface area contributed by atoms with Gasteiger partial charge in [0.05, 0.1) is 12.1 Å². The highest BCUT2D eigenvalue weighted by molar-refractivity contribution is 5.57. The molecule has 5 heteroatoms. The zero-order valence-electron chi connectivity index (χ0n) is 28.0. The van der Waals surface area contributed by atoms with Crippen LogP contribution in [0.5, 0.6) is 11.5 Å². The van der Waals surface area contributed by atoms with Crippen LogP contribution in [0.2, 0.25) is 0 Å². The first-order valence-corrected chi connectivity index (χ1v) is 16.3. The van der Waals surface area contributed by atoms with E-state index in [0.29, 0.717) is 13.2 Å². The molecule has 242 valence electrons. The van der Waals surface area contributed by atoms with E-state index in [1.54, 1.807) is 14.2 Å². The molecule has 0 aromatic heterocycles. The van der Waals surface area contributed by atoms with E-state index in [9.17, 15) is 0 Å². The Hall–Kier alpha value is -4.58. The molecule has 0 radical (unpaired) electrons. The number of rotatable bonds is 11. The standard InChI is InChI=1S/C42H45NO4/c1-42(2,3)34-20-22-35(23-21-34)43-38(32-16-24-36(25-17-32)46-28-30-12-8-6-9-13-30)40(44-4)41(45-5)39(43)33-18-26-37(27-19-33)47-29-31-14-10-7-11-15-31/h6-27,38-41H,28-29H2,1-5H3/t38-,39-,40+,41+/m0/s1. The van der Waals surface area contributed by atoms with Crippen molar-refractivity contribution in [2.24, 2.45) is 0 Å². The smallest absolute Gasteiger partial charge is 0.119 e. The molecule has 5 aromatic rings. The van der Waals surface area contributed by atoms with Crippen molar-refractivity contribution in [1.82, 2.24) is 0 Å². The van der Waals surface area contributed by atoms with Crippen LogP contribution in [-0.4, -0.2) is 26.4 Å². The van der Waals surface area contributed by atoms with Gasteiger partial charge in [-0.2, -0.15) is 0 Å². The molecule has 1 fully saturated rings. The zero-order chi connectivity index (χ0) is 32.8. The first kappa shape index (κ1) is 32.4. The van der Waals surface area contributed by atoms with Crippen molar-refractivity contribution in [2.45, 2.75) is 63.7 Å². The minimum atomic E-state index is -0.225. The summed E-state index contributed by atoms with van der Waals surface area (Å²) in [5.74, 6) is 1.66. The summed E-state index contributed by atoms with van der Waals surface area (Å²) in [5.41, 5.74) is 7.01. The highest BCUT2D eigenvalue weighted by Crippen LogP contribution is 2.50. The van der Waals surface area contributed by atoms with Gasteiger partial charge in [-0.15, -0.1) is 0 Å². The Morgan fingerprint density at radius 1 is 0.511 bits per heavy atom. The molecule has 47 heavy (non-hydrogen) atoms. The summed E-state index contributed by atoms with van der Waals surface area (Å²) in [7, 11) is 3.57. The van der Waals surface area contributed by atoms with Gasteiger partial charge in [-0.1, -0.05) is 118 Å². The molecular formula is C42H45NO4. The predicted molar refractivity (Wildman–Crippen MR) is 189 cm³/mol. The molecule has 6 rings (SSSR count). The summed E-state index contributed by atoms with van der Waals surface area (Å²) in [6.45, 7) is 7.78. The lowest BCUT2D eigenvalue weighted by molar-refractivity contribution is -0.0288. The van der Waals surface area contributed by atoms with Crippen molar-refractivity contribution >= 4 is 5.69 Å². The Morgan fingerprint density at radius 2 is 0.915 bits per heavy atom. The number of nitrogens with zero attached hydrogens (tertiary/aromatic N) is 1. The van der Waals surface area contributed by atoms with Crippen molar-refractivity contribution in [3.63, 3.8) is 0 Å². The lowest BCUT2D eigenvalue weighted by Gasteiger charge is -2.34. The van der Waals surface area contributed by atoms with Crippen LogP contribution in [0.4, 0.5) is 5.69 Å². The van der Waals surface area contributed by atoms with Gasteiger partial charge in [0.15, 0.2) is 0 Å². The molecule has 1 heterocycles. The monoisotopic (exact) mass is 627 g/mol. The number of hydrogen-bond acceptors (Lipinski definition) is 5. The Balaban J connectivity index is 1.33. The number of methoxy groups -OCH3 is 2. The highest BCUT2D eigenvalue weighted by Gasteiger charge is 2.51. The maximum absolute atomic E-state index is 6.29. The van der Waals surface area contributed by atoms with E-state index in [4.69, 9.17) is 18.9 Å². The van der Waals surface area contributed by atoms with Crippen LogP contribution in [0.1, 0.15) is 60.7 Å². The van der Waals surface area contributed by atoms with Crippen LogP contribution in [0.15, 0.2) is 133 Å². The molecule has 1 aliphatic heterocycles. The molecule has 0 bridgehead atoms. The van der Waals surface area contributed by atoms with Gasteiger partial charge >= 0.3 is 0 Å². The van der Waals surface area contributed by atoms with Crippen molar-refractivity contribution < 1.29 is 18.9 Å². The Morgan fingerprint density at radius 3 is 1.28 bits per heavy atom. The van der Waals surface area contributed by atoms with E-state index in [2.05, 4.69) is 123 Å². The third-order valence-corrected chi connectivity index (χ3v) is 9.06. The summed E-state index contributed by atoms with van der Waals surface area (Å²) in [6.07, 6.45) is -0.449. The molecule has 0 saturated carbocycles. The van der Waals surface area contributed by atoms with Crippen molar-refractivity contribution in [3.8, 4) is 11.5 Å². The first-order chi connectivity index (χ1) is 22.9. The van der Waals surface area contributed by atoms with E-state index in [1.807, 2.05) is 36.4 Å². The molecule has 0 spiro atoms. The molecule has 5 nitrogen and oxygen atoms in total. The van der Waals surface area contributed by atoms with Crippen LogP contribution in [0, 0.1) is 0 Å². The fourth-order valence-corrected chi connectivity index (χ4v) is 6.53. The third kappa shape index (κ3) is 7.38. The van der Waals surface area contributed by atoms with Gasteiger partial charge in [0.2, 0.25) is 0 Å². The summed E-state index contributed by atoms with van der Waals surface area (Å²) in [4.78, 5) is 2.47. The summed E-state index contributed by atoms with van der Waals surface area (Å²) in [6, 6.07) is 46.1. The highest BCUT2D eigenvalue weighted by atomic mass is 16.5. The van der Waals surface area contributed by atoms with E-state index in [-0.39, 0.29) is 29.7 Å². The van der Waals surface area contributed by atoms with E-state index < -0.39 is 0 Å². The first-order valence-electron chi connectivity index (χ1n) is 16.3. The minimum Gasteiger partial charge on any atom is -0.489 e. The zero-order valence-corrected chi connectivity index (χ0v) is 28.0. The lowest BCUT2D eigenvalue weighted by Crippen LogP contribution is -2.31. The average Bonchev–Trinajstić information content (AvgIpc) is 3.45. The van der Waals surface area contributed by atoms with Gasteiger partial charge in [0.25, 0.3) is 0 Å². The SMILES string of the molecule is CO[C@H]1[C@H](OC)[C@H](c2ccc(OCc3ccccc3)cc2)N(c2ccc(C(C)(C)C)cc2)[C@H]1c1ccc(OCc2ccccc2)cc1. The largest absolute Gasteiger partial charge is 0.489 e. The van der Waals surface area contributed by atoms with Crippen molar-refractivity contribution in [3.05, 3.63) is 161 Å². The van der Waals surface area contributed by atoms with Crippen LogP contribution in [0.25, 0.3) is 0 Å². The fourth-order valence-electron chi connectivity index (χ4n) is 6.53. The normalized spacial score (nSPS) is 19.5. The molecular weight excluding hydrogens is 582 g/mol. The van der Waals surface area contributed by atoms with Crippen molar-refractivity contribution in [1.29, 1.82) is 0 Å². The van der Waals surface area contributed by atoms with Gasteiger partial charge in [-0.3, -0.25) is 0 Å². The maximum atomic E-state index is 6.29. The molecule has 1 saturated heterocycles. The Labute approximate surface area is 279 Å². The molecule has 0 unspecified atom stereocenters. The third-order valence-electron chi connectivity index (χ3n) is 9.06. The fraction of sp³-hybridized carbons (Fsp3) is 0.286. The molecule has 1 aliphatic rings. The van der Waals surface area contributed by atoms with Gasteiger partial charge in [-0.05, 0) is 69.6 Å². The molecule has 5 aromatic carbocycles. The summed E-state index contributed by atoms with van der Waals surface area (Å²) in [5, 5.41) is 0. The van der Waals surface area contributed by atoms with Crippen LogP contribution < -0.4 is 14.4 Å². The molecule has 0 amide bonds. The second kappa shape index (κ2) is 14.5. The van der Waals surface area contributed by atoms with E-state index in [1.165, 1.54) is 5.56 Å². The van der Waals surface area contributed by atoms with E-state index >= 15 is 0 Å². The minimum absolute atomic E-state index is 0.0532. The predicted octanol–water partition coefficient (Wildman–Crippen LogP) is 9.47. The Kier molecular flexibility index (Phi) is 9.95. The molecule has 4 atom stereocenters. The van der Waals surface area contributed by atoms with Gasteiger partial charge < -0.3 is 23.8 Å². The molecule has 0 aliphatic carbocycles. The summed E-state index contributed by atoms with van der Waals surface area (Å²) >= 11 is 0. The number of anilines is 1. The Bertz CT molecular complexity index is 1580. The van der Waals surface area contributed by atoms with Gasteiger partial charge in [0.1, 0.15) is 36.9 Å². The maximum Gasteiger partial charge on any atom is 0.119 e.